The zero-order valence-electron chi connectivity index (χ0n) is 11.0. The van der Waals surface area contributed by atoms with Gasteiger partial charge in [-0.1, -0.05) is 11.3 Å². The van der Waals surface area contributed by atoms with Gasteiger partial charge in [0, 0.05) is 22.7 Å². The number of benzene rings is 1. The van der Waals surface area contributed by atoms with Gasteiger partial charge in [-0.3, -0.25) is 14.9 Å². The zero-order chi connectivity index (χ0) is 15.7. The number of nitro groups is 1. The SMILES string of the molecule is O=C(Nc1cc2c(cc1Br)OCCO2)c1ccc([N+](=O)[O-])s1. The molecule has 2 heterocycles. The number of nitrogens with zero attached hydrogens (tertiary/aromatic N) is 1. The minimum absolute atomic E-state index is 0.0774. The van der Waals surface area contributed by atoms with Gasteiger partial charge in [-0.25, -0.2) is 0 Å². The molecule has 0 saturated heterocycles. The molecule has 1 N–H and O–H groups in total. The van der Waals surface area contributed by atoms with E-state index >= 15 is 0 Å². The van der Waals surface area contributed by atoms with Crippen LogP contribution in [0.25, 0.3) is 0 Å². The number of anilines is 1. The molecule has 0 fully saturated rings. The second kappa shape index (κ2) is 5.93. The molecular weight excluding hydrogens is 376 g/mol. The van der Waals surface area contributed by atoms with Crippen molar-refractivity contribution in [3.63, 3.8) is 0 Å². The average molecular weight is 385 g/mol. The van der Waals surface area contributed by atoms with Gasteiger partial charge in [0.15, 0.2) is 11.5 Å². The molecule has 0 atom stereocenters. The lowest BCUT2D eigenvalue weighted by Crippen LogP contribution is -2.16. The predicted molar refractivity (Wildman–Crippen MR) is 84.1 cm³/mol. The molecule has 0 spiro atoms. The van der Waals surface area contributed by atoms with Crippen LogP contribution in [0.1, 0.15) is 9.67 Å². The monoisotopic (exact) mass is 384 g/mol. The number of hydrogen-bond acceptors (Lipinski definition) is 6. The number of halogens is 1. The summed E-state index contributed by atoms with van der Waals surface area (Å²) in [6.07, 6.45) is 0. The largest absolute Gasteiger partial charge is 0.486 e. The number of carbonyl (C=O) groups excluding carboxylic acids is 1. The molecule has 1 aromatic heterocycles. The number of carbonyl (C=O) groups is 1. The number of nitrogens with one attached hydrogen (secondary N) is 1. The predicted octanol–water partition coefficient (Wildman–Crippen LogP) is 3.44. The average Bonchev–Trinajstić information content (AvgIpc) is 2.98. The second-order valence-corrected chi connectivity index (χ2v) is 6.24. The maximum Gasteiger partial charge on any atom is 0.324 e. The molecule has 3 rings (SSSR count). The van der Waals surface area contributed by atoms with Crippen LogP contribution in [-0.4, -0.2) is 24.0 Å². The summed E-state index contributed by atoms with van der Waals surface area (Å²) in [5.41, 5.74) is 0.505. The van der Waals surface area contributed by atoms with E-state index in [2.05, 4.69) is 21.2 Å². The Morgan fingerprint density at radius 2 is 1.95 bits per heavy atom. The van der Waals surface area contributed by atoms with Crippen molar-refractivity contribution < 1.29 is 19.2 Å². The molecule has 0 saturated carbocycles. The first-order valence-electron chi connectivity index (χ1n) is 6.19. The van der Waals surface area contributed by atoms with Crippen LogP contribution in [0.5, 0.6) is 11.5 Å². The smallest absolute Gasteiger partial charge is 0.324 e. The molecule has 1 amide bonds. The lowest BCUT2D eigenvalue weighted by molar-refractivity contribution is -0.380. The normalized spacial score (nSPS) is 12.8. The molecule has 0 unspecified atom stereocenters. The number of ether oxygens (including phenoxy) is 2. The summed E-state index contributed by atoms with van der Waals surface area (Å²) in [6, 6.07) is 6.09. The van der Waals surface area contributed by atoms with E-state index in [1.807, 2.05) is 0 Å². The van der Waals surface area contributed by atoms with Gasteiger partial charge in [0.05, 0.1) is 15.5 Å². The van der Waals surface area contributed by atoms with Gasteiger partial charge < -0.3 is 14.8 Å². The van der Waals surface area contributed by atoms with E-state index in [1.165, 1.54) is 12.1 Å². The third-order valence-corrected chi connectivity index (χ3v) is 4.57. The molecule has 22 heavy (non-hydrogen) atoms. The molecule has 0 aliphatic carbocycles. The van der Waals surface area contributed by atoms with Crippen LogP contribution in [-0.2, 0) is 0 Å². The zero-order valence-corrected chi connectivity index (χ0v) is 13.4. The minimum atomic E-state index is -0.526. The van der Waals surface area contributed by atoms with Gasteiger partial charge in [-0.05, 0) is 22.0 Å². The summed E-state index contributed by atoms with van der Waals surface area (Å²) < 4.78 is 11.5. The Kier molecular flexibility index (Phi) is 3.99. The first-order chi connectivity index (χ1) is 10.5. The van der Waals surface area contributed by atoms with Crippen LogP contribution in [0.15, 0.2) is 28.7 Å². The molecule has 0 radical (unpaired) electrons. The highest BCUT2D eigenvalue weighted by Gasteiger charge is 2.19. The number of fused-ring (bicyclic) bond motifs is 1. The van der Waals surface area contributed by atoms with Crippen LogP contribution in [0.2, 0.25) is 0 Å². The maximum absolute atomic E-state index is 12.2. The Morgan fingerprint density at radius 1 is 1.27 bits per heavy atom. The molecule has 7 nitrogen and oxygen atoms in total. The van der Waals surface area contributed by atoms with E-state index in [-0.39, 0.29) is 9.88 Å². The summed E-state index contributed by atoms with van der Waals surface area (Å²) in [4.78, 5) is 22.5. The fourth-order valence-electron chi connectivity index (χ4n) is 1.89. The maximum atomic E-state index is 12.2. The lowest BCUT2D eigenvalue weighted by Gasteiger charge is -2.20. The van der Waals surface area contributed by atoms with Crippen LogP contribution < -0.4 is 14.8 Å². The fraction of sp³-hybridized carbons (Fsp3) is 0.154. The number of hydrogen-bond donors (Lipinski definition) is 1. The van der Waals surface area contributed by atoms with Crippen LogP contribution in [0, 0.1) is 10.1 Å². The van der Waals surface area contributed by atoms with Crippen molar-refractivity contribution >= 4 is 43.9 Å². The van der Waals surface area contributed by atoms with E-state index in [9.17, 15) is 14.9 Å². The quantitative estimate of drug-likeness (QED) is 0.646. The van der Waals surface area contributed by atoms with Crippen LogP contribution in [0.3, 0.4) is 0 Å². The van der Waals surface area contributed by atoms with Gasteiger partial charge in [0.25, 0.3) is 5.91 Å². The molecule has 0 bridgehead atoms. The van der Waals surface area contributed by atoms with Gasteiger partial charge in [0.2, 0.25) is 0 Å². The van der Waals surface area contributed by atoms with Crippen molar-refractivity contribution in [3.8, 4) is 11.5 Å². The highest BCUT2D eigenvalue weighted by atomic mass is 79.9. The highest BCUT2D eigenvalue weighted by Crippen LogP contribution is 2.38. The molecule has 9 heteroatoms. The number of amides is 1. The van der Waals surface area contributed by atoms with E-state index in [4.69, 9.17) is 9.47 Å². The van der Waals surface area contributed by atoms with Gasteiger partial charge >= 0.3 is 5.00 Å². The van der Waals surface area contributed by atoms with Crippen molar-refractivity contribution in [2.45, 2.75) is 0 Å². The number of thiophene rings is 1. The first-order valence-corrected chi connectivity index (χ1v) is 7.80. The molecule has 2 aromatic rings. The fourth-order valence-corrected chi connectivity index (χ4v) is 3.03. The van der Waals surface area contributed by atoms with Gasteiger partial charge in [-0.15, -0.1) is 0 Å². The van der Waals surface area contributed by atoms with Crippen molar-refractivity contribution in [1.82, 2.24) is 0 Å². The van der Waals surface area contributed by atoms with Gasteiger partial charge in [-0.2, -0.15) is 0 Å². The van der Waals surface area contributed by atoms with E-state index < -0.39 is 10.8 Å². The van der Waals surface area contributed by atoms with Crippen molar-refractivity contribution in [3.05, 3.63) is 43.7 Å². The standard InChI is InChI=1S/C13H9BrN2O5S/c14-7-5-9-10(21-4-3-20-9)6-8(7)15-13(17)11-1-2-12(22-11)16(18)19/h1-2,5-6H,3-4H2,(H,15,17). The van der Waals surface area contributed by atoms with E-state index in [1.54, 1.807) is 12.1 Å². The Bertz CT molecular complexity index is 761. The van der Waals surface area contributed by atoms with Gasteiger partial charge in [0.1, 0.15) is 13.2 Å². The van der Waals surface area contributed by atoms with E-state index in [0.29, 0.717) is 34.9 Å². The molecule has 1 aliphatic heterocycles. The second-order valence-electron chi connectivity index (χ2n) is 4.32. The molecular formula is C13H9BrN2O5S. The van der Waals surface area contributed by atoms with Crippen molar-refractivity contribution in [2.75, 3.05) is 18.5 Å². The lowest BCUT2D eigenvalue weighted by atomic mass is 10.2. The Labute approximate surface area is 137 Å². The summed E-state index contributed by atoms with van der Waals surface area (Å²) in [6.45, 7) is 0.920. The Hall–Kier alpha value is -2.13. The molecule has 1 aromatic carbocycles. The van der Waals surface area contributed by atoms with E-state index in [0.717, 1.165) is 11.3 Å². The van der Waals surface area contributed by atoms with Crippen LogP contribution >= 0.6 is 27.3 Å². The topological polar surface area (TPSA) is 90.7 Å². The first kappa shape index (κ1) is 14.8. The van der Waals surface area contributed by atoms with Crippen molar-refractivity contribution in [1.29, 1.82) is 0 Å². The third kappa shape index (κ3) is 2.90. The summed E-state index contributed by atoms with van der Waals surface area (Å²) in [5.74, 6) is 0.722. The van der Waals surface area contributed by atoms with Crippen molar-refractivity contribution in [2.24, 2.45) is 0 Å². The Balaban J connectivity index is 1.82. The third-order valence-electron chi connectivity index (χ3n) is 2.88. The summed E-state index contributed by atoms with van der Waals surface area (Å²) in [7, 11) is 0. The Morgan fingerprint density at radius 3 is 2.59 bits per heavy atom. The molecule has 1 aliphatic rings. The molecule has 114 valence electrons. The highest BCUT2D eigenvalue weighted by molar-refractivity contribution is 9.10. The number of rotatable bonds is 3. The summed E-state index contributed by atoms with van der Waals surface area (Å²) in [5, 5.41) is 13.3. The minimum Gasteiger partial charge on any atom is -0.486 e. The van der Waals surface area contributed by atoms with Crippen LogP contribution in [0.4, 0.5) is 10.7 Å². The summed E-state index contributed by atoms with van der Waals surface area (Å²) >= 11 is 4.17.